The summed E-state index contributed by atoms with van der Waals surface area (Å²) >= 11 is 5.65. The van der Waals surface area contributed by atoms with Gasteiger partial charge in [-0.05, 0) is 6.07 Å². The van der Waals surface area contributed by atoms with Gasteiger partial charge >= 0.3 is 0 Å². The molecule has 0 unspecified atom stereocenters. The van der Waals surface area contributed by atoms with E-state index in [9.17, 15) is 0 Å². The second-order valence-corrected chi connectivity index (χ2v) is 2.70. The summed E-state index contributed by atoms with van der Waals surface area (Å²) in [5.41, 5.74) is 0.210. The molecule has 0 spiro atoms. The maximum Gasteiger partial charge on any atom is 0.191 e. The first kappa shape index (κ1) is 8.53. The van der Waals surface area contributed by atoms with Gasteiger partial charge in [0.2, 0.25) is 0 Å². The SMILES string of the molecule is [CH2]C(O)(O)c1ccccc1Cl. The Morgan fingerprint density at radius 3 is 2.18 bits per heavy atom. The van der Waals surface area contributed by atoms with Gasteiger partial charge in [-0.15, -0.1) is 0 Å². The molecule has 0 fully saturated rings. The molecule has 0 saturated heterocycles. The second-order valence-electron chi connectivity index (χ2n) is 2.30. The summed E-state index contributed by atoms with van der Waals surface area (Å²) in [5.74, 6) is -2.10. The minimum Gasteiger partial charge on any atom is -0.362 e. The normalized spacial score (nSPS) is 11.6. The lowest BCUT2D eigenvalue weighted by atomic mass is 10.1. The molecule has 2 nitrogen and oxygen atoms in total. The highest BCUT2D eigenvalue weighted by Gasteiger charge is 2.20. The van der Waals surface area contributed by atoms with E-state index >= 15 is 0 Å². The van der Waals surface area contributed by atoms with Crippen molar-refractivity contribution in [1.82, 2.24) is 0 Å². The van der Waals surface area contributed by atoms with Gasteiger partial charge < -0.3 is 10.2 Å². The molecule has 0 heterocycles. The monoisotopic (exact) mass is 171 g/mol. The number of halogens is 1. The van der Waals surface area contributed by atoms with Crippen LogP contribution in [0.4, 0.5) is 0 Å². The summed E-state index contributed by atoms with van der Waals surface area (Å²) in [6.07, 6.45) is 0. The predicted octanol–water partition coefficient (Wildman–Crippen LogP) is 1.31. The molecule has 0 aromatic heterocycles. The van der Waals surface area contributed by atoms with Gasteiger partial charge in [0.05, 0.1) is 0 Å². The molecule has 0 aliphatic carbocycles. The minimum atomic E-state index is -2.10. The van der Waals surface area contributed by atoms with Crippen LogP contribution in [0.3, 0.4) is 0 Å². The van der Waals surface area contributed by atoms with Crippen molar-refractivity contribution < 1.29 is 10.2 Å². The molecule has 11 heavy (non-hydrogen) atoms. The summed E-state index contributed by atoms with van der Waals surface area (Å²) in [7, 11) is 0. The zero-order valence-corrected chi connectivity index (χ0v) is 6.54. The Hall–Kier alpha value is -0.570. The highest BCUT2D eigenvalue weighted by Crippen LogP contribution is 2.24. The van der Waals surface area contributed by atoms with Crippen LogP contribution in [0, 0.1) is 6.92 Å². The molecule has 1 aromatic carbocycles. The van der Waals surface area contributed by atoms with Crippen LogP contribution in [0.1, 0.15) is 5.56 Å². The van der Waals surface area contributed by atoms with Crippen molar-refractivity contribution >= 4 is 11.6 Å². The lowest BCUT2D eigenvalue weighted by Gasteiger charge is -2.16. The van der Waals surface area contributed by atoms with Crippen molar-refractivity contribution in [2.75, 3.05) is 0 Å². The number of hydrogen-bond donors (Lipinski definition) is 2. The molecule has 59 valence electrons. The first-order valence-corrected chi connectivity index (χ1v) is 3.45. The maximum atomic E-state index is 9.03. The van der Waals surface area contributed by atoms with E-state index in [-0.39, 0.29) is 5.56 Å². The van der Waals surface area contributed by atoms with Gasteiger partial charge in [0.25, 0.3) is 0 Å². The van der Waals surface area contributed by atoms with Crippen molar-refractivity contribution in [2.45, 2.75) is 5.79 Å². The molecule has 0 aliphatic heterocycles. The summed E-state index contributed by atoms with van der Waals surface area (Å²) in [6, 6.07) is 6.45. The van der Waals surface area contributed by atoms with Gasteiger partial charge in [0.1, 0.15) is 0 Å². The molecular weight excluding hydrogens is 164 g/mol. The topological polar surface area (TPSA) is 40.5 Å². The molecule has 2 N–H and O–H groups in total. The molecular formula is C8H8ClO2. The number of rotatable bonds is 1. The first-order chi connectivity index (χ1) is 5.02. The highest BCUT2D eigenvalue weighted by atomic mass is 35.5. The van der Waals surface area contributed by atoms with Crippen molar-refractivity contribution in [2.24, 2.45) is 0 Å². The molecule has 0 atom stereocenters. The number of hydrogen-bond acceptors (Lipinski definition) is 2. The Morgan fingerprint density at radius 2 is 1.82 bits per heavy atom. The molecule has 1 radical (unpaired) electrons. The third kappa shape index (κ3) is 1.93. The fourth-order valence-electron chi connectivity index (χ4n) is 0.786. The minimum absolute atomic E-state index is 0.210. The highest BCUT2D eigenvalue weighted by molar-refractivity contribution is 6.31. The predicted molar refractivity (Wildman–Crippen MR) is 42.9 cm³/mol. The fraction of sp³-hybridized carbons (Fsp3) is 0.125. The maximum absolute atomic E-state index is 9.03. The molecule has 0 aliphatic rings. The molecule has 3 heteroatoms. The van der Waals surface area contributed by atoms with Gasteiger partial charge in [-0.3, -0.25) is 0 Å². The van der Waals surface area contributed by atoms with Crippen molar-refractivity contribution in [3.05, 3.63) is 41.8 Å². The van der Waals surface area contributed by atoms with Crippen LogP contribution in [0.5, 0.6) is 0 Å². The van der Waals surface area contributed by atoms with E-state index in [1.54, 1.807) is 18.2 Å². The van der Waals surface area contributed by atoms with Crippen LogP contribution in [0.25, 0.3) is 0 Å². The van der Waals surface area contributed by atoms with E-state index in [0.717, 1.165) is 0 Å². The van der Waals surface area contributed by atoms with E-state index in [1.165, 1.54) is 6.07 Å². The van der Waals surface area contributed by atoms with Crippen LogP contribution in [0.15, 0.2) is 24.3 Å². The van der Waals surface area contributed by atoms with Crippen LogP contribution in [-0.2, 0) is 5.79 Å². The van der Waals surface area contributed by atoms with E-state index in [2.05, 4.69) is 6.92 Å². The van der Waals surface area contributed by atoms with Crippen molar-refractivity contribution in [3.8, 4) is 0 Å². The van der Waals surface area contributed by atoms with Gasteiger partial charge in [0.15, 0.2) is 5.79 Å². The van der Waals surface area contributed by atoms with Crippen molar-refractivity contribution in [3.63, 3.8) is 0 Å². The fourth-order valence-corrected chi connectivity index (χ4v) is 1.07. The second kappa shape index (κ2) is 2.81. The summed E-state index contributed by atoms with van der Waals surface area (Å²) in [5, 5.41) is 18.4. The van der Waals surface area contributed by atoms with Crippen LogP contribution >= 0.6 is 11.6 Å². The third-order valence-corrected chi connectivity index (χ3v) is 1.63. The number of benzene rings is 1. The zero-order valence-electron chi connectivity index (χ0n) is 5.79. The summed E-state index contributed by atoms with van der Waals surface area (Å²) < 4.78 is 0. The molecule has 1 aromatic rings. The van der Waals surface area contributed by atoms with E-state index in [1.807, 2.05) is 0 Å². The Morgan fingerprint density at radius 1 is 1.27 bits per heavy atom. The average Bonchev–Trinajstić information content (AvgIpc) is 1.86. The summed E-state index contributed by atoms with van der Waals surface area (Å²) in [4.78, 5) is 0. The largest absolute Gasteiger partial charge is 0.362 e. The lowest BCUT2D eigenvalue weighted by Crippen LogP contribution is -2.20. The number of aliphatic hydroxyl groups is 2. The Balaban J connectivity index is 3.14. The molecule has 0 bridgehead atoms. The standard InChI is InChI=1S/C8H8ClO2/c1-8(10,11)6-4-2-3-5-7(6)9/h2-5,10-11H,1H2. The first-order valence-electron chi connectivity index (χ1n) is 3.07. The smallest absolute Gasteiger partial charge is 0.191 e. The van der Waals surface area contributed by atoms with E-state index in [4.69, 9.17) is 21.8 Å². The quantitative estimate of drug-likeness (QED) is 0.626. The van der Waals surface area contributed by atoms with Crippen LogP contribution < -0.4 is 0 Å². The van der Waals surface area contributed by atoms with Gasteiger partial charge in [-0.25, -0.2) is 0 Å². The van der Waals surface area contributed by atoms with E-state index < -0.39 is 5.79 Å². The Kier molecular flexibility index (Phi) is 2.18. The van der Waals surface area contributed by atoms with Crippen LogP contribution in [0.2, 0.25) is 5.02 Å². The Bertz CT molecular complexity index is 253. The van der Waals surface area contributed by atoms with E-state index in [0.29, 0.717) is 5.02 Å². The summed E-state index contributed by atoms with van der Waals surface area (Å²) in [6.45, 7) is 3.13. The van der Waals surface area contributed by atoms with Gasteiger partial charge in [-0.1, -0.05) is 29.8 Å². The Labute approximate surface area is 70.1 Å². The zero-order chi connectivity index (χ0) is 8.48. The average molecular weight is 172 g/mol. The lowest BCUT2D eigenvalue weighted by molar-refractivity contribution is -0.128. The molecule has 0 amide bonds. The van der Waals surface area contributed by atoms with Crippen molar-refractivity contribution in [1.29, 1.82) is 0 Å². The third-order valence-electron chi connectivity index (χ3n) is 1.31. The van der Waals surface area contributed by atoms with Gasteiger partial charge in [-0.2, -0.15) is 0 Å². The molecule has 0 saturated carbocycles. The molecule has 1 rings (SSSR count). The van der Waals surface area contributed by atoms with Gasteiger partial charge in [0, 0.05) is 17.5 Å². The van der Waals surface area contributed by atoms with Crippen LogP contribution in [-0.4, -0.2) is 10.2 Å².